The largest absolute Gasteiger partial charge is 0.375 e. The highest BCUT2D eigenvalue weighted by atomic mass is 15.2. The molecular weight excluding hydrogens is 880 g/mol. The van der Waals surface area contributed by atoms with Gasteiger partial charge in [-0.05, 0) is 248 Å². The Morgan fingerprint density at radius 1 is 0.507 bits per heavy atom. The van der Waals surface area contributed by atoms with Crippen molar-refractivity contribution >= 4 is 67.4 Å². The molecule has 3 heterocycles. The Kier molecular flexibility index (Phi) is 6.27. The van der Waals surface area contributed by atoms with Crippen molar-refractivity contribution in [1.29, 1.82) is 0 Å². The fourth-order valence-corrected chi connectivity index (χ4v) is 23.2. The number of rotatable bonds is 3. The van der Waals surface area contributed by atoms with E-state index in [4.69, 9.17) is 0 Å². The number of fused-ring (bicyclic) bond motifs is 13. The summed E-state index contributed by atoms with van der Waals surface area (Å²) < 4.78 is 2.94. The number of aryl methyl sites for hydroxylation is 1. The zero-order valence-corrected chi connectivity index (χ0v) is 43.9. The van der Waals surface area contributed by atoms with Gasteiger partial charge in [0.2, 0.25) is 0 Å². The van der Waals surface area contributed by atoms with E-state index in [1.54, 1.807) is 33.2 Å². The second-order valence-electron chi connectivity index (χ2n) is 29.2. The molecule has 20 rings (SSSR count). The van der Waals surface area contributed by atoms with Crippen LogP contribution in [0.25, 0.3) is 54.8 Å². The van der Waals surface area contributed by atoms with Gasteiger partial charge in [0, 0.05) is 60.7 Å². The highest BCUT2D eigenvalue weighted by Crippen LogP contribution is 2.94. The van der Waals surface area contributed by atoms with Gasteiger partial charge in [-0.2, -0.15) is 0 Å². The van der Waals surface area contributed by atoms with Crippen LogP contribution in [-0.4, -0.2) is 11.3 Å². The van der Waals surface area contributed by atoms with E-state index < -0.39 is 0 Å². The molecule has 2 aliphatic heterocycles. The van der Waals surface area contributed by atoms with E-state index in [1.165, 1.54) is 153 Å². The van der Waals surface area contributed by atoms with Crippen LogP contribution in [0, 0.1) is 53.3 Å². The second-order valence-corrected chi connectivity index (χ2v) is 29.2. The number of anilines is 3. The van der Waals surface area contributed by atoms with Crippen LogP contribution in [0.4, 0.5) is 17.1 Å². The van der Waals surface area contributed by atoms with Crippen molar-refractivity contribution in [3.8, 4) is 22.3 Å². The fraction of sp³-hybridized carbons (Fsp3) is 0.429. The molecule has 8 aromatic rings. The van der Waals surface area contributed by atoms with Gasteiger partial charge < -0.3 is 9.38 Å². The Morgan fingerprint density at radius 2 is 1.12 bits per heavy atom. The summed E-state index contributed by atoms with van der Waals surface area (Å²) in [6.07, 6.45) is 14.1. The lowest BCUT2D eigenvalue weighted by atomic mass is 9.12. The third-order valence-electron chi connectivity index (χ3n) is 26.1. The highest BCUT2D eigenvalue weighted by Gasteiger charge is 2.88. The maximum Gasteiger partial charge on any atom is 0.333 e. The lowest BCUT2D eigenvalue weighted by molar-refractivity contribution is -0.395. The van der Waals surface area contributed by atoms with Crippen molar-refractivity contribution in [3.05, 3.63) is 148 Å². The molecule has 0 bridgehead atoms. The van der Waals surface area contributed by atoms with E-state index in [9.17, 15) is 0 Å². The summed E-state index contributed by atoms with van der Waals surface area (Å²) in [5, 5.41) is 5.74. The van der Waals surface area contributed by atoms with Crippen molar-refractivity contribution < 1.29 is 0 Å². The van der Waals surface area contributed by atoms with Gasteiger partial charge in [-0.25, -0.2) is 0 Å². The molecule has 2 spiro atoms. The molecule has 12 aliphatic rings. The van der Waals surface area contributed by atoms with E-state index >= 15 is 0 Å². The summed E-state index contributed by atoms with van der Waals surface area (Å²) >= 11 is 0. The molecular formula is C70H65BN2. The van der Waals surface area contributed by atoms with Crippen molar-refractivity contribution in [3.63, 3.8) is 0 Å². The normalized spacial score (nSPS) is 35.5. The summed E-state index contributed by atoms with van der Waals surface area (Å²) in [7, 11) is 0. The van der Waals surface area contributed by atoms with Crippen molar-refractivity contribution in [1.82, 2.24) is 4.48 Å². The minimum absolute atomic E-state index is 0.0179. The topological polar surface area (TPSA) is 8.17 Å². The first-order valence-corrected chi connectivity index (χ1v) is 29.1. The van der Waals surface area contributed by atoms with E-state index in [0.717, 1.165) is 35.5 Å². The molecule has 1 aromatic heterocycles. The van der Waals surface area contributed by atoms with Gasteiger partial charge in [0.15, 0.2) is 0 Å². The average Bonchev–Trinajstić information content (AvgIpc) is 3.97. The molecule has 0 saturated heterocycles. The van der Waals surface area contributed by atoms with Crippen LogP contribution in [0.15, 0.2) is 109 Å². The number of aromatic nitrogens is 1. The molecule has 10 aliphatic carbocycles. The lowest BCUT2D eigenvalue weighted by Crippen LogP contribution is -2.87. The van der Waals surface area contributed by atoms with Gasteiger partial charge in [0.05, 0.1) is 0 Å². The first-order valence-electron chi connectivity index (χ1n) is 29.1. The first kappa shape index (κ1) is 39.9. The maximum atomic E-state index is 2.94. The molecule has 0 N–H and O–H groups in total. The van der Waals surface area contributed by atoms with Crippen molar-refractivity contribution in [2.75, 3.05) is 4.90 Å². The summed E-state index contributed by atoms with van der Waals surface area (Å²) in [4.78, 5) is 2.80. The number of hydrogen-bond acceptors (Lipinski definition) is 1. The zero-order valence-electron chi connectivity index (χ0n) is 43.9. The van der Waals surface area contributed by atoms with Crippen molar-refractivity contribution in [2.45, 2.75) is 140 Å². The summed E-state index contributed by atoms with van der Waals surface area (Å²) in [5.41, 5.74) is 28.8. The first-order chi connectivity index (χ1) is 35.2. The summed E-state index contributed by atoms with van der Waals surface area (Å²) in [6.45, 7) is 17.6. The standard InChI is InChI=1S/C70H65BN2/c1-36-20-53-54(65(4,5)19-18-64(53,2)3)31-57(36)72-58-22-38-13-9-8-12-37(38)21-55(58)71-62-59(72)30-49-47-14-10-11-15-52(47)66(6,7)61(49)60(62)51-29-40(68-34-45-25-42-26-46(35-68)70(42,45)68)28-50-48-27-39(16-17-56(48)73(71)63(50)51)67-32-43-23-41-24-44(33-67)69(41,43)67/h8-17,20-22,27-31,41-46H,18-19,23-26,32-35H2,1-7H3. The van der Waals surface area contributed by atoms with Gasteiger partial charge in [-0.15, -0.1) is 0 Å². The molecule has 0 amide bonds. The molecule has 0 radical (unpaired) electrons. The molecule has 4 atom stereocenters. The minimum Gasteiger partial charge on any atom is -0.375 e. The summed E-state index contributed by atoms with van der Waals surface area (Å²) in [6, 6.07) is 45.9. The van der Waals surface area contributed by atoms with E-state index in [-0.39, 0.29) is 23.1 Å². The molecule has 2 nitrogen and oxygen atoms in total. The Balaban J connectivity index is 0.940. The Morgan fingerprint density at radius 3 is 1.79 bits per heavy atom. The van der Waals surface area contributed by atoms with Crippen LogP contribution in [0.1, 0.15) is 145 Å². The van der Waals surface area contributed by atoms with E-state index in [2.05, 4.69) is 167 Å². The van der Waals surface area contributed by atoms with Crippen LogP contribution in [0.5, 0.6) is 0 Å². The van der Waals surface area contributed by atoms with Gasteiger partial charge in [0.1, 0.15) is 0 Å². The molecule has 8 saturated carbocycles. The smallest absolute Gasteiger partial charge is 0.333 e. The van der Waals surface area contributed by atoms with Gasteiger partial charge in [-0.1, -0.05) is 108 Å². The quantitative estimate of drug-likeness (QED) is 0.160. The van der Waals surface area contributed by atoms with Crippen LogP contribution in [-0.2, 0) is 27.1 Å². The third kappa shape index (κ3) is 3.78. The molecule has 358 valence electrons. The number of benzene rings is 7. The molecule has 7 aromatic carbocycles. The van der Waals surface area contributed by atoms with Gasteiger partial charge in [0.25, 0.3) is 0 Å². The molecule has 3 heteroatoms. The number of hydrogen-bond donors (Lipinski definition) is 0. The monoisotopic (exact) mass is 945 g/mol. The number of nitrogens with zero attached hydrogens (tertiary/aromatic N) is 2. The average molecular weight is 945 g/mol. The van der Waals surface area contributed by atoms with Gasteiger partial charge >= 0.3 is 6.85 Å². The van der Waals surface area contributed by atoms with E-state index in [1.807, 2.05) is 0 Å². The van der Waals surface area contributed by atoms with Crippen LogP contribution in [0.2, 0.25) is 0 Å². The maximum absolute atomic E-state index is 2.94. The van der Waals surface area contributed by atoms with Gasteiger partial charge in [-0.3, -0.25) is 0 Å². The van der Waals surface area contributed by atoms with Crippen LogP contribution in [0.3, 0.4) is 0 Å². The minimum atomic E-state index is -0.175. The zero-order chi connectivity index (χ0) is 48.2. The predicted octanol–water partition coefficient (Wildman–Crippen LogP) is 15.7. The predicted molar refractivity (Wildman–Crippen MR) is 301 cm³/mol. The Hall–Kier alpha value is -5.54. The fourth-order valence-electron chi connectivity index (χ4n) is 23.2. The van der Waals surface area contributed by atoms with Crippen LogP contribution < -0.4 is 15.8 Å². The van der Waals surface area contributed by atoms with Crippen LogP contribution >= 0.6 is 0 Å². The molecule has 73 heavy (non-hydrogen) atoms. The second kappa shape index (κ2) is 11.5. The molecule has 4 unspecified atom stereocenters. The Bertz CT molecular complexity index is 4030. The molecule has 8 fully saturated rings. The third-order valence-corrected chi connectivity index (χ3v) is 26.1. The lowest BCUT2D eigenvalue weighted by Gasteiger charge is -2.91. The highest BCUT2D eigenvalue weighted by molar-refractivity contribution is 6.90. The Labute approximate surface area is 431 Å². The van der Waals surface area contributed by atoms with Crippen molar-refractivity contribution in [2.24, 2.45) is 46.3 Å². The SMILES string of the molecule is Cc1cc2c(cc1N1c3cc4ccccc4cc3B3c4c1cc1c(c4-c4cc(C56CC7CC8CC(C5)C876)cc5c6cc(C78CC9CC%10CC(C7)C%1098)ccc6n3c45)C(C)(C)c3ccccc3-1)C(C)(C)CCC2(C)C. The van der Waals surface area contributed by atoms with E-state index in [0.29, 0.717) is 21.7 Å². The summed E-state index contributed by atoms with van der Waals surface area (Å²) in [5.74, 6) is 5.86.